The molecule has 1 aliphatic rings. The molecule has 108 valence electrons. The number of fused-ring (bicyclic) bond motifs is 1. The van der Waals surface area contributed by atoms with E-state index in [1.807, 2.05) is 24.3 Å². The maximum Gasteiger partial charge on any atom is 0.356 e. The molecule has 0 saturated carbocycles. The van der Waals surface area contributed by atoms with Crippen LogP contribution in [-0.4, -0.2) is 18.7 Å². The average molecular weight is 284 g/mol. The molecule has 0 amide bonds. The molecule has 0 bridgehead atoms. The van der Waals surface area contributed by atoms with Crippen LogP contribution in [0.1, 0.15) is 12.5 Å². The van der Waals surface area contributed by atoms with E-state index in [1.165, 1.54) is 5.56 Å². The van der Waals surface area contributed by atoms with Crippen LogP contribution in [0, 0.1) is 0 Å². The number of aryl methyl sites for hydroxylation is 1. The van der Waals surface area contributed by atoms with Crippen LogP contribution in [0.15, 0.2) is 48.5 Å². The number of hydrogen-bond donors (Lipinski definition) is 0. The van der Waals surface area contributed by atoms with E-state index in [0.29, 0.717) is 17.2 Å². The molecule has 2 aromatic rings. The van der Waals surface area contributed by atoms with Crippen LogP contribution in [0.4, 0.5) is 0 Å². The number of benzene rings is 2. The summed E-state index contributed by atoms with van der Waals surface area (Å²) >= 11 is 0. The zero-order valence-electron chi connectivity index (χ0n) is 11.7. The van der Waals surface area contributed by atoms with E-state index >= 15 is 0 Å². The lowest BCUT2D eigenvalue weighted by Gasteiger charge is -2.24. The number of carbonyl (C=O) groups is 1. The Morgan fingerprint density at radius 2 is 1.86 bits per heavy atom. The van der Waals surface area contributed by atoms with Gasteiger partial charge in [-0.2, -0.15) is 0 Å². The largest absolute Gasteiger partial charge is 0.485 e. The molecule has 1 aliphatic heterocycles. The van der Waals surface area contributed by atoms with Gasteiger partial charge in [-0.25, -0.2) is 4.79 Å². The van der Waals surface area contributed by atoms with E-state index in [-0.39, 0.29) is 6.61 Å². The van der Waals surface area contributed by atoms with Crippen molar-refractivity contribution < 1.29 is 19.0 Å². The first-order valence-corrected chi connectivity index (χ1v) is 6.95. The number of carbonyl (C=O) groups excluding carboxylic acids is 1. The molecule has 4 heteroatoms. The van der Waals surface area contributed by atoms with Crippen LogP contribution < -0.4 is 14.2 Å². The van der Waals surface area contributed by atoms with Crippen LogP contribution in [-0.2, 0) is 11.2 Å². The van der Waals surface area contributed by atoms with Crippen molar-refractivity contribution in [2.24, 2.45) is 0 Å². The van der Waals surface area contributed by atoms with Gasteiger partial charge in [0.1, 0.15) is 12.4 Å². The Morgan fingerprint density at radius 3 is 2.57 bits per heavy atom. The highest BCUT2D eigenvalue weighted by atomic mass is 16.6. The van der Waals surface area contributed by atoms with E-state index in [1.54, 1.807) is 24.3 Å². The lowest BCUT2D eigenvalue weighted by molar-refractivity contribution is -0.144. The molecular weight excluding hydrogens is 268 g/mol. The van der Waals surface area contributed by atoms with Crippen LogP contribution in [0.3, 0.4) is 0 Å². The van der Waals surface area contributed by atoms with Gasteiger partial charge in [0.2, 0.25) is 6.10 Å². The summed E-state index contributed by atoms with van der Waals surface area (Å²) in [6, 6.07) is 14.7. The summed E-state index contributed by atoms with van der Waals surface area (Å²) in [5, 5.41) is 0. The minimum Gasteiger partial charge on any atom is -0.485 e. The van der Waals surface area contributed by atoms with Gasteiger partial charge in [0.15, 0.2) is 11.5 Å². The minimum atomic E-state index is -0.745. The third kappa shape index (κ3) is 2.99. The third-order valence-corrected chi connectivity index (χ3v) is 3.32. The van der Waals surface area contributed by atoms with E-state index in [2.05, 4.69) is 6.92 Å². The molecule has 21 heavy (non-hydrogen) atoms. The third-order valence-electron chi connectivity index (χ3n) is 3.32. The molecule has 0 aromatic heterocycles. The fourth-order valence-electron chi connectivity index (χ4n) is 2.11. The molecule has 2 aromatic carbocycles. The smallest absolute Gasteiger partial charge is 0.356 e. The van der Waals surface area contributed by atoms with E-state index in [9.17, 15) is 4.79 Å². The second-order valence-electron chi connectivity index (χ2n) is 4.78. The Bertz CT molecular complexity index is 633. The van der Waals surface area contributed by atoms with E-state index in [4.69, 9.17) is 14.2 Å². The number of para-hydroxylation sites is 2. The Labute approximate surface area is 123 Å². The zero-order chi connectivity index (χ0) is 14.7. The van der Waals surface area contributed by atoms with Gasteiger partial charge in [-0.1, -0.05) is 31.2 Å². The Kier molecular flexibility index (Phi) is 3.77. The number of rotatable bonds is 3. The van der Waals surface area contributed by atoms with Crippen molar-refractivity contribution in [3.05, 3.63) is 54.1 Å². The summed E-state index contributed by atoms with van der Waals surface area (Å²) in [5.41, 5.74) is 1.20. The molecular formula is C17H16O4. The Balaban J connectivity index is 1.66. The lowest BCUT2D eigenvalue weighted by Crippen LogP contribution is -2.39. The predicted octanol–water partition coefficient (Wildman–Crippen LogP) is 2.99. The number of hydrogen-bond acceptors (Lipinski definition) is 4. The molecule has 0 spiro atoms. The standard InChI is InChI=1S/C17H16O4/c1-2-12-7-9-13(10-8-12)20-17(18)16-11-19-14-5-3-4-6-15(14)21-16/h3-10,16H,2,11H2,1H3/t16-/m0/s1. The Hall–Kier alpha value is -2.49. The maximum absolute atomic E-state index is 12.1. The zero-order valence-corrected chi connectivity index (χ0v) is 11.7. The average Bonchev–Trinajstić information content (AvgIpc) is 2.55. The molecule has 1 atom stereocenters. The van der Waals surface area contributed by atoms with Crippen molar-refractivity contribution in [3.63, 3.8) is 0 Å². The molecule has 0 radical (unpaired) electrons. The van der Waals surface area contributed by atoms with Gasteiger partial charge in [0.05, 0.1) is 0 Å². The van der Waals surface area contributed by atoms with Gasteiger partial charge >= 0.3 is 5.97 Å². The highest BCUT2D eigenvalue weighted by molar-refractivity contribution is 5.78. The monoisotopic (exact) mass is 284 g/mol. The fraction of sp³-hybridized carbons (Fsp3) is 0.235. The van der Waals surface area contributed by atoms with Crippen molar-refractivity contribution in [2.75, 3.05) is 6.61 Å². The lowest BCUT2D eigenvalue weighted by atomic mass is 10.2. The first-order chi connectivity index (χ1) is 10.3. The first kappa shape index (κ1) is 13.5. The van der Waals surface area contributed by atoms with Crippen molar-refractivity contribution in [2.45, 2.75) is 19.4 Å². The van der Waals surface area contributed by atoms with Crippen molar-refractivity contribution in [1.82, 2.24) is 0 Å². The van der Waals surface area contributed by atoms with E-state index in [0.717, 1.165) is 6.42 Å². The van der Waals surface area contributed by atoms with Crippen molar-refractivity contribution in [1.29, 1.82) is 0 Å². The second kappa shape index (κ2) is 5.87. The highest BCUT2D eigenvalue weighted by Gasteiger charge is 2.29. The Morgan fingerprint density at radius 1 is 1.14 bits per heavy atom. The molecule has 0 N–H and O–H groups in total. The molecule has 3 rings (SSSR count). The number of esters is 1. The topological polar surface area (TPSA) is 44.8 Å². The number of ether oxygens (including phenoxy) is 3. The van der Waals surface area contributed by atoms with Crippen LogP contribution in [0.25, 0.3) is 0 Å². The summed E-state index contributed by atoms with van der Waals surface area (Å²) in [6.45, 7) is 2.23. The summed E-state index contributed by atoms with van der Waals surface area (Å²) in [7, 11) is 0. The molecule has 0 unspecified atom stereocenters. The molecule has 4 nitrogen and oxygen atoms in total. The van der Waals surface area contributed by atoms with Gasteiger partial charge in [0, 0.05) is 0 Å². The molecule has 0 aliphatic carbocycles. The van der Waals surface area contributed by atoms with E-state index < -0.39 is 12.1 Å². The molecule has 0 saturated heterocycles. The van der Waals surface area contributed by atoms with Crippen molar-refractivity contribution in [3.8, 4) is 17.2 Å². The molecule has 0 fully saturated rings. The SMILES string of the molecule is CCc1ccc(OC(=O)[C@@H]2COc3ccccc3O2)cc1. The minimum absolute atomic E-state index is 0.156. The quantitative estimate of drug-likeness (QED) is 0.642. The van der Waals surface area contributed by atoms with Crippen LogP contribution >= 0.6 is 0 Å². The highest BCUT2D eigenvalue weighted by Crippen LogP contribution is 2.31. The van der Waals surface area contributed by atoms with Crippen molar-refractivity contribution >= 4 is 5.97 Å². The summed E-state index contributed by atoms with van der Waals surface area (Å²) in [6.07, 6.45) is 0.204. The predicted molar refractivity (Wildman–Crippen MR) is 77.8 cm³/mol. The van der Waals surface area contributed by atoms with Gasteiger partial charge in [-0.05, 0) is 36.2 Å². The summed E-state index contributed by atoms with van der Waals surface area (Å²) in [4.78, 5) is 12.1. The first-order valence-electron chi connectivity index (χ1n) is 6.95. The van der Waals surface area contributed by atoms with Gasteiger partial charge in [0.25, 0.3) is 0 Å². The van der Waals surface area contributed by atoms with Crippen LogP contribution in [0.5, 0.6) is 17.2 Å². The fourth-order valence-corrected chi connectivity index (χ4v) is 2.11. The summed E-state index contributed by atoms with van der Waals surface area (Å²) in [5.74, 6) is 1.27. The van der Waals surface area contributed by atoms with Gasteiger partial charge in [-0.15, -0.1) is 0 Å². The normalized spacial score (nSPS) is 16.3. The molecule has 1 heterocycles. The summed E-state index contributed by atoms with van der Waals surface area (Å²) < 4.78 is 16.4. The van der Waals surface area contributed by atoms with Gasteiger partial charge in [-0.3, -0.25) is 0 Å². The van der Waals surface area contributed by atoms with Crippen LogP contribution in [0.2, 0.25) is 0 Å². The second-order valence-corrected chi connectivity index (χ2v) is 4.78. The van der Waals surface area contributed by atoms with Gasteiger partial charge < -0.3 is 14.2 Å². The maximum atomic E-state index is 12.1.